The average molecular weight is 359 g/mol. The zero-order chi connectivity index (χ0) is 18.5. The Morgan fingerprint density at radius 2 is 1.77 bits per heavy atom. The second kappa shape index (κ2) is 8.54. The Labute approximate surface area is 155 Å². The first-order valence-electron chi connectivity index (χ1n) is 9.56. The maximum Gasteiger partial charge on any atom is 0.260 e. The molecule has 6 nitrogen and oxygen atoms in total. The van der Waals surface area contributed by atoms with Crippen LogP contribution in [-0.4, -0.2) is 67.5 Å². The monoisotopic (exact) mass is 359 g/mol. The van der Waals surface area contributed by atoms with Gasteiger partial charge in [0, 0.05) is 51.4 Å². The van der Waals surface area contributed by atoms with Crippen LogP contribution in [0.2, 0.25) is 0 Å². The van der Waals surface area contributed by atoms with Gasteiger partial charge < -0.3 is 14.5 Å². The molecule has 3 rings (SSSR count). The first kappa shape index (κ1) is 18.7. The van der Waals surface area contributed by atoms with E-state index in [4.69, 9.17) is 4.74 Å². The SMILES string of the molecule is CC(C)CN1CCN(C(=O)COc2ccc(N3CCCC3=O)cc2)CC1. The van der Waals surface area contributed by atoms with Crippen molar-refractivity contribution < 1.29 is 14.3 Å². The van der Waals surface area contributed by atoms with Crippen LogP contribution in [0.5, 0.6) is 5.75 Å². The topological polar surface area (TPSA) is 53.1 Å². The molecule has 2 aliphatic heterocycles. The molecule has 2 saturated heterocycles. The van der Waals surface area contributed by atoms with Crippen LogP contribution in [0.15, 0.2) is 24.3 Å². The molecule has 2 heterocycles. The van der Waals surface area contributed by atoms with Crippen LogP contribution in [0.1, 0.15) is 26.7 Å². The van der Waals surface area contributed by atoms with Gasteiger partial charge in [0.15, 0.2) is 6.61 Å². The minimum Gasteiger partial charge on any atom is -0.484 e. The third-order valence-corrected chi connectivity index (χ3v) is 4.93. The Hall–Kier alpha value is -2.08. The summed E-state index contributed by atoms with van der Waals surface area (Å²) in [6.45, 7) is 9.77. The highest BCUT2D eigenvalue weighted by Gasteiger charge is 2.23. The Morgan fingerprint density at radius 3 is 2.35 bits per heavy atom. The van der Waals surface area contributed by atoms with Gasteiger partial charge in [-0.3, -0.25) is 14.5 Å². The molecule has 2 fully saturated rings. The van der Waals surface area contributed by atoms with Gasteiger partial charge in [-0.2, -0.15) is 0 Å². The Morgan fingerprint density at radius 1 is 1.08 bits per heavy atom. The number of hydrogen-bond acceptors (Lipinski definition) is 4. The molecule has 0 saturated carbocycles. The summed E-state index contributed by atoms with van der Waals surface area (Å²) in [5, 5.41) is 0. The molecule has 0 bridgehead atoms. The van der Waals surface area contributed by atoms with Crippen molar-refractivity contribution in [1.82, 2.24) is 9.80 Å². The second-order valence-corrected chi connectivity index (χ2v) is 7.51. The predicted octanol–water partition coefficient (Wildman–Crippen LogP) is 1.99. The van der Waals surface area contributed by atoms with Crippen molar-refractivity contribution in [2.45, 2.75) is 26.7 Å². The molecular weight excluding hydrogens is 330 g/mol. The number of nitrogens with zero attached hydrogens (tertiary/aromatic N) is 3. The molecule has 2 aliphatic rings. The lowest BCUT2D eigenvalue weighted by Crippen LogP contribution is -2.50. The number of hydrogen-bond donors (Lipinski definition) is 0. The van der Waals surface area contributed by atoms with Crippen LogP contribution < -0.4 is 9.64 Å². The highest BCUT2D eigenvalue weighted by Crippen LogP contribution is 2.23. The molecule has 2 amide bonds. The van der Waals surface area contributed by atoms with Gasteiger partial charge in [0.25, 0.3) is 5.91 Å². The summed E-state index contributed by atoms with van der Waals surface area (Å²) in [5.41, 5.74) is 0.896. The van der Waals surface area contributed by atoms with Crippen LogP contribution in [-0.2, 0) is 9.59 Å². The number of ether oxygens (including phenoxy) is 1. The molecule has 1 aromatic carbocycles. The van der Waals surface area contributed by atoms with Crippen LogP contribution in [0.3, 0.4) is 0 Å². The van der Waals surface area contributed by atoms with Gasteiger partial charge in [-0.15, -0.1) is 0 Å². The van der Waals surface area contributed by atoms with Crippen LogP contribution >= 0.6 is 0 Å². The molecule has 0 aromatic heterocycles. The molecule has 1 aromatic rings. The summed E-state index contributed by atoms with van der Waals surface area (Å²) < 4.78 is 5.65. The fourth-order valence-electron chi connectivity index (χ4n) is 3.58. The van der Waals surface area contributed by atoms with E-state index in [0.717, 1.165) is 51.4 Å². The van der Waals surface area contributed by atoms with E-state index < -0.39 is 0 Å². The molecular formula is C20H29N3O3. The number of amides is 2. The maximum absolute atomic E-state index is 12.3. The zero-order valence-electron chi connectivity index (χ0n) is 15.8. The van der Waals surface area contributed by atoms with Crippen molar-refractivity contribution in [2.24, 2.45) is 5.92 Å². The van der Waals surface area contributed by atoms with Gasteiger partial charge in [-0.05, 0) is 36.6 Å². The van der Waals surface area contributed by atoms with Gasteiger partial charge in [0.1, 0.15) is 5.75 Å². The molecule has 6 heteroatoms. The highest BCUT2D eigenvalue weighted by atomic mass is 16.5. The van der Waals surface area contributed by atoms with Gasteiger partial charge in [0.2, 0.25) is 5.91 Å². The molecule has 0 aliphatic carbocycles. The van der Waals surface area contributed by atoms with Gasteiger partial charge in [0.05, 0.1) is 0 Å². The van der Waals surface area contributed by atoms with Gasteiger partial charge >= 0.3 is 0 Å². The summed E-state index contributed by atoms with van der Waals surface area (Å²) in [5.74, 6) is 1.52. The summed E-state index contributed by atoms with van der Waals surface area (Å²) in [7, 11) is 0. The standard InChI is InChI=1S/C20H29N3O3/c1-16(2)14-21-10-12-22(13-11-21)20(25)15-26-18-7-5-17(6-8-18)23-9-3-4-19(23)24/h5-8,16H,3-4,9-15H2,1-2H3. The van der Waals surface area contributed by atoms with E-state index in [1.807, 2.05) is 29.2 Å². The summed E-state index contributed by atoms with van der Waals surface area (Å²) >= 11 is 0. The smallest absolute Gasteiger partial charge is 0.260 e. The lowest BCUT2D eigenvalue weighted by Gasteiger charge is -2.35. The molecule has 0 atom stereocenters. The average Bonchev–Trinajstić information content (AvgIpc) is 3.06. The summed E-state index contributed by atoms with van der Waals surface area (Å²) in [6.07, 6.45) is 1.53. The molecule has 0 radical (unpaired) electrons. The molecule has 0 spiro atoms. The van der Waals surface area contributed by atoms with E-state index in [0.29, 0.717) is 18.1 Å². The van der Waals surface area contributed by atoms with Crippen LogP contribution in [0.4, 0.5) is 5.69 Å². The summed E-state index contributed by atoms with van der Waals surface area (Å²) in [6, 6.07) is 7.42. The Bertz CT molecular complexity index is 622. The molecule has 0 unspecified atom stereocenters. The van der Waals surface area contributed by atoms with Crippen molar-refractivity contribution in [3.8, 4) is 5.75 Å². The maximum atomic E-state index is 12.3. The number of rotatable bonds is 6. The third kappa shape index (κ3) is 4.75. The van der Waals surface area contributed by atoms with E-state index in [9.17, 15) is 9.59 Å². The number of piperazine rings is 1. The highest BCUT2D eigenvalue weighted by molar-refractivity contribution is 5.95. The first-order valence-corrected chi connectivity index (χ1v) is 9.56. The quantitative estimate of drug-likeness (QED) is 0.780. The van der Waals surface area contributed by atoms with Crippen molar-refractivity contribution in [2.75, 3.05) is 50.8 Å². The van der Waals surface area contributed by atoms with Crippen molar-refractivity contribution in [3.63, 3.8) is 0 Å². The van der Waals surface area contributed by atoms with Gasteiger partial charge in [-0.25, -0.2) is 0 Å². The second-order valence-electron chi connectivity index (χ2n) is 7.51. The van der Waals surface area contributed by atoms with Crippen LogP contribution in [0.25, 0.3) is 0 Å². The minimum atomic E-state index is 0.0352. The van der Waals surface area contributed by atoms with Crippen LogP contribution in [0, 0.1) is 5.92 Å². The van der Waals surface area contributed by atoms with Gasteiger partial charge in [-0.1, -0.05) is 13.8 Å². The van der Waals surface area contributed by atoms with Crippen molar-refractivity contribution >= 4 is 17.5 Å². The number of carbonyl (C=O) groups is 2. The minimum absolute atomic E-state index is 0.0352. The largest absolute Gasteiger partial charge is 0.484 e. The lowest BCUT2D eigenvalue weighted by atomic mass is 10.2. The normalized spacial score (nSPS) is 18.7. The van der Waals surface area contributed by atoms with E-state index in [2.05, 4.69) is 18.7 Å². The predicted molar refractivity (Wildman–Crippen MR) is 101 cm³/mol. The number of benzene rings is 1. The molecule has 142 valence electrons. The summed E-state index contributed by atoms with van der Waals surface area (Å²) in [4.78, 5) is 30.2. The lowest BCUT2D eigenvalue weighted by molar-refractivity contribution is -0.135. The fourth-order valence-corrected chi connectivity index (χ4v) is 3.58. The Balaban J connectivity index is 1.44. The first-order chi connectivity index (χ1) is 12.5. The van der Waals surface area contributed by atoms with E-state index in [1.54, 1.807) is 4.90 Å². The molecule has 0 N–H and O–H groups in total. The third-order valence-electron chi connectivity index (χ3n) is 4.93. The van der Waals surface area contributed by atoms with E-state index >= 15 is 0 Å². The zero-order valence-corrected chi connectivity index (χ0v) is 15.8. The Kier molecular flexibility index (Phi) is 6.14. The van der Waals surface area contributed by atoms with Crippen molar-refractivity contribution in [3.05, 3.63) is 24.3 Å². The fraction of sp³-hybridized carbons (Fsp3) is 0.600. The van der Waals surface area contributed by atoms with E-state index in [1.165, 1.54) is 0 Å². The number of anilines is 1. The molecule has 26 heavy (non-hydrogen) atoms. The number of carbonyl (C=O) groups excluding carboxylic acids is 2. The van der Waals surface area contributed by atoms with Crippen molar-refractivity contribution in [1.29, 1.82) is 0 Å². The van der Waals surface area contributed by atoms with E-state index in [-0.39, 0.29) is 18.4 Å².